The first-order chi connectivity index (χ1) is 12.0. The zero-order chi connectivity index (χ0) is 18.6. The largest absolute Gasteiger partial charge is 0.478 e. The van der Waals surface area contributed by atoms with E-state index in [1.54, 1.807) is 25.1 Å². The van der Waals surface area contributed by atoms with Crippen molar-refractivity contribution in [2.24, 2.45) is 0 Å². The highest BCUT2D eigenvalue weighted by Crippen LogP contribution is 2.39. The summed E-state index contributed by atoms with van der Waals surface area (Å²) in [7, 11) is 0. The molecule has 1 aliphatic rings. The fourth-order valence-electron chi connectivity index (χ4n) is 2.79. The van der Waals surface area contributed by atoms with Gasteiger partial charge in [-0.25, -0.2) is 9.59 Å². The summed E-state index contributed by atoms with van der Waals surface area (Å²) in [6, 6.07) is 10.3. The third-order valence-corrected chi connectivity index (χ3v) is 3.79. The van der Waals surface area contributed by atoms with E-state index >= 15 is 0 Å². The first-order valence-corrected chi connectivity index (χ1v) is 7.47. The summed E-state index contributed by atoms with van der Waals surface area (Å²) in [6.45, 7) is 3.18. The normalized spacial score (nSPS) is 16.6. The molecule has 1 atom stereocenters. The smallest absolute Gasteiger partial charge is 0.337 e. The monoisotopic (exact) mass is 337 g/mol. The summed E-state index contributed by atoms with van der Waals surface area (Å²) in [4.78, 5) is 24.3. The third-order valence-electron chi connectivity index (χ3n) is 3.79. The minimum absolute atomic E-state index is 0.0682. The highest BCUT2D eigenvalue weighted by atomic mass is 16.5. The molecule has 0 fully saturated rings. The number of rotatable bonds is 4. The number of carboxylic acids is 1. The molecule has 1 aromatic carbocycles. The lowest BCUT2D eigenvalue weighted by molar-refractivity contribution is -0.138. The van der Waals surface area contributed by atoms with E-state index in [4.69, 9.17) is 4.74 Å². The number of nitriles is 2. The lowest BCUT2D eigenvalue weighted by atomic mass is 9.79. The summed E-state index contributed by atoms with van der Waals surface area (Å²) in [5.41, 5.74) is 0.479. The molecule has 1 aromatic rings. The maximum Gasteiger partial charge on any atom is 0.337 e. The van der Waals surface area contributed by atoms with Crippen LogP contribution in [0.4, 0.5) is 0 Å². The van der Waals surface area contributed by atoms with Gasteiger partial charge in [0.15, 0.2) is 0 Å². The van der Waals surface area contributed by atoms with Gasteiger partial charge in [-0.3, -0.25) is 0 Å². The van der Waals surface area contributed by atoms with Gasteiger partial charge in [0.2, 0.25) is 0 Å². The Morgan fingerprint density at radius 3 is 2.48 bits per heavy atom. The fraction of sp³-hybridized carbons (Fsp3) is 0.222. The lowest BCUT2D eigenvalue weighted by Crippen LogP contribution is -2.32. The van der Waals surface area contributed by atoms with Crippen molar-refractivity contribution >= 4 is 11.9 Å². The molecular weight excluding hydrogens is 322 g/mol. The van der Waals surface area contributed by atoms with Crippen molar-refractivity contribution in [3.63, 3.8) is 0 Å². The van der Waals surface area contributed by atoms with Crippen LogP contribution in [0.5, 0.6) is 0 Å². The van der Waals surface area contributed by atoms with Gasteiger partial charge < -0.3 is 15.2 Å². The van der Waals surface area contributed by atoms with Crippen molar-refractivity contribution in [3.8, 4) is 12.1 Å². The standard InChI is InChI=1S/C18H15N3O4/c1-3-25-18(24)16-13(9-20)21-10(2)14(17(22)23)15(16)12-7-5-4-6-11(12)8-19/h4-7,15,21H,3H2,1-2H3,(H,22,23). The molecule has 2 rings (SSSR count). The van der Waals surface area contributed by atoms with Crippen LogP contribution in [0.25, 0.3) is 0 Å². The predicted octanol–water partition coefficient (Wildman–Crippen LogP) is 1.94. The average molecular weight is 337 g/mol. The molecule has 0 amide bonds. The van der Waals surface area contributed by atoms with Crippen LogP contribution in [0, 0.1) is 22.7 Å². The molecule has 2 N–H and O–H groups in total. The van der Waals surface area contributed by atoms with E-state index in [9.17, 15) is 25.2 Å². The number of nitrogens with one attached hydrogen (secondary N) is 1. The Morgan fingerprint density at radius 2 is 1.92 bits per heavy atom. The van der Waals surface area contributed by atoms with Crippen LogP contribution >= 0.6 is 0 Å². The van der Waals surface area contributed by atoms with E-state index in [-0.39, 0.29) is 34.7 Å². The minimum Gasteiger partial charge on any atom is -0.478 e. The second kappa shape index (κ2) is 7.33. The summed E-state index contributed by atoms with van der Waals surface area (Å²) in [5, 5.41) is 31.1. The topological polar surface area (TPSA) is 123 Å². The van der Waals surface area contributed by atoms with E-state index in [2.05, 4.69) is 5.32 Å². The number of aliphatic carboxylic acids is 1. The number of dihydropyridines is 1. The second-order valence-electron chi connectivity index (χ2n) is 5.22. The lowest BCUT2D eigenvalue weighted by Gasteiger charge is -2.28. The molecule has 0 saturated carbocycles. The molecule has 7 nitrogen and oxygen atoms in total. The number of benzene rings is 1. The van der Waals surface area contributed by atoms with Gasteiger partial charge in [0.1, 0.15) is 11.8 Å². The third kappa shape index (κ3) is 3.22. The molecule has 0 bridgehead atoms. The molecule has 0 aliphatic carbocycles. The Bertz CT molecular complexity index is 884. The van der Waals surface area contributed by atoms with Gasteiger partial charge >= 0.3 is 11.9 Å². The van der Waals surface area contributed by atoms with Crippen LogP contribution in [-0.4, -0.2) is 23.7 Å². The first-order valence-electron chi connectivity index (χ1n) is 7.47. The highest BCUT2D eigenvalue weighted by Gasteiger charge is 2.39. The van der Waals surface area contributed by atoms with Crippen molar-refractivity contribution in [2.45, 2.75) is 19.8 Å². The van der Waals surface area contributed by atoms with Gasteiger partial charge in [-0.15, -0.1) is 0 Å². The fourth-order valence-corrected chi connectivity index (χ4v) is 2.79. The van der Waals surface area contributed by atoms with Crippen molar-refractivity contribution in [2.75, 3.05) is 6.61 Å². The number of allylic oxidation sites excluding steroid dienone is 2. The molecule has 0 spiro atoms. The van der Waals surface area contributed by atoms with Crippen molar-refractivity contribution in [1.29, 1.82) is 10.5 Å². The number of nitrogens with zero attached hydrogens (tertiary/aromatic N) is 2. The molecule has 0 aromatic heterocycles. The number of carbonyl (C=O) groups excluding carboxylic acids is 1. The Morgan fingerprint density at radius 1 is 1.24 bits per heavy atom. The summed E-state index contributed by atoms with van der Waals surface area (Å²) in [6.07, 6.45) is 0. The minimum atomic E-state index is -1.25. The van der Waals surface area contributed by atoms with Gasteiger partial charge in [-0.05, 0) is 25.5 Å². The molecule has 126 valence electrons. The Labute approximate surface area is 144 Å². The quantitative estimate of drug-likeness (QED) is 0.805. The van der Waals surface area contributed by atoms with Crippen LogP contribution in [0.15, 0.2) is 46.8 Å². The number of hydrogen-bond acceptors (Lipinski definition) is 6. The van der Waals surface area contributed by atoms with Crippen LogP contribution in [0.3, 0.4) is 0 Å². The van der Waals surface area contributed by atoms with Crippen LogP contribution in [0.2, 0.25) is 0 Å². The van der Waals surface area contributed by atoms with Crippen LogP contribution in [0.1, 0.15) is 30.9 Å². The highest BCUT2D eigenvalue weighted by molar-refractivity contribution is 6.00. The van der Waals surface area contributed by atoms with E-state index in [1.807, 2.05) is 12.1 Å². The summed E-state index contributed by atoms with van der Waals surface area (Å²) in [5.74, 6) is -3.12. The van der Waals surface area contributed by atoms with Gasteiger partial charge in [-0.2, -0.15) is 10.5 Å². The average Bonchev–Trinajstić information content (AvgIpc) is 2.60. The van der Waals surface area contributed by atoms with Gasteiger partial charge in [0, 0.05) is 5.70 Å². The molecule has 1 aliphatic heterocycles. The number of esters is 1. The molecule has 1 heterocycles. The molecule has 1 unspecified atom stereocenters. The van der Waals surface area contributed by atoms with Crippen molar-refractivity contribution in [3.05, 3.63) is 57.9 Å². The van der Waals surface area contributed by atoms with Gasteiger partial charge in [0.05, 0.1) is 35.3 Å². The zero-order valence-electron chi connectivity index (χ0n) is 13.7. The van der Waals surface area contributed by atoms with Gasteiger partial charge in [-0.1, -0.05) is 18.2 Å². The maximum atomic E-state index is 12.5. The van der Waals surface area contributed by atoms with E-state index in [0.717, 1.165) is 0 Å². The number of ether oxygens (including phenoxy) is 1. The molecule has 0 saturated heterocycles. The van der Waals surface area contributed by atoms with Crippen LogP contribution < -0.4 is 5.32 Å². The van der Waals surface area contributed by atoms with E-state index in [0.29, 0.717) is 5.56 Å². The Kier molecular flexibility index (Phi) is 5.21. The number of carbonyl (C=O) groups is 2. The number of carboxylic acid groups (broad SMARTS) is 1. The first kappa shape index (κ1) is 17.8. The molecular formula is C18H15N3O4. The van der Waals surface area contributed by atoms with E-state index < -0.39 is 17.9 Å². The summed E-state index contributed by atoms with van der Waals surface area (Å²) < 4.78 is 5.02. The summed E-state index contributed by atoms with van der Waals surface area (Å²) >= 11 is 0. The molecule has 0 radical (unpaired) electrons. The molecule has 25 heavy (non-hydrogen) atoms. The van der Waals surface area contributed by atoms with Crippen molar-refractivity contribution < 1.29 is 19.4 Å². The Hall–Kier alpha value is -3.58. The Balaban J connectivity index is 2.81. The maximum absolute atomic E-state index is 12.5. The SMILES string of the molecule is CCOC(=O)C1=C(C#N)NC(C)=C(C(=O)O)C1c1ccccc1C#N. The van der Waals surface area contributed by atoms with Crippen LogP contribution in [-0.2, 0) is 14.3 Å². The van der Waals surface area contributed by atoms with Gasteiger partial charge in [0.25, 0.3) is 0 Å². The van der Waals surface area contributed by atoms with Crippen molar-refractivity contribution in [1.82, 2.24) is 5.32 Å². The van der Waals surface area contributed by atoms with E-state index in [1.165, 1.54) is 13.0 Å². The number of hydrogen-bond donors (Lipinski definition) is 2. The second-order valence-corrected chi connectivity index (χ2v) is 5.22. The molecule has 7 heteroatoms. The zero-order valence-corrected chi connectivity index (χ0v) is 13.7. The predicted molar refractivity (Wildman–Crippen MR) is 86.6 cm³/mol.